The van der Waals surface area contributed by atoms with E-state index in [0.717, 1.165) is 24.6 Å². The van der Waals surface area contributed by atoms with Crippen molar-refractivity contribution in [1.29, 1.82) is 0 Å². The molecule has 0 amide bonds. The number of H-pyrrole nitrogens is 2. The zero-order valence-corrected chi connectivity index (χ0v) is 33.2. The Hall–Kier alpha value is -6.13. The third-order valence-electron chi connectivity index (χ3n) is 8.84. The molecule has 2 aromatic heterocycles. The number of carbonyl (C=O) groups is 1. The molecule has 60 heavy (non-hydrogen) atoms. The standard InChI is InChI=1S/C19H17F3N2O5S.C19H15F3N2O5S/c2*1-10(25)11-4-3-5-12(6-11)13-7-14-16(8-15(13)19(20,21)22)23-18(27)24(17(14)26)9-30(2,28)29/h3-8,10,25H,9H2,1-2H3,(H,23,27);3-8H,9H2,1-2H3,(H,23,27). The molecule has 4 aromatic carbocycles. The lowest BCUT2D eigenvalue weighted by atomic mass is 9.95. The number of carbonyl (C=O) groups excluding carboxylic acids is 1. The summed E-state index contributed by atoms with van der Waals surface area (Å²) in [7, 11) is -7.54. The van der Waals surface area contributed by atoms with Crippen LogP contribution in [0.4, 0.5) is 26.3 Å². The van der Waals surface area contributed by atoms with Crippen LogP contribution in [0.3, 0.4) is 0 Å². The van der Waals surface area contributed by atoms with Crippen LogP contribution in [0.5, 0.6) is 0 Å². The quantitative estimate of drug-likeness (QED) is 0.137. The van der Waals surface area contributed by atoms with E-state index in [9.17, 15) is 72.3 Å². The van der Waals surface area contributed by atoms with Crippen LogP contribution >= 0.6 is 0 Å². The normalized spacial score (nSPS) is 12.9. The van der Waals surface area contributed by atoms with Crippen molar-refractivity contribution >= 4 is 47.3 Å². The number of hydrogen-bond acceptors (Lipinski definition) is 10. The van der Waals surface area contributed by atoms with Gasteiger partial charge in [0.15, 0.2) is 25.5 Å². The summed E-state index contributed by atoms with van der Waals surface area (Å²) in [5.74, 6) is -2.19. The third-order valence-corrected chi connectivity index (χ3v) is 10.3. The van der Waals surface area contributed by atoms with E-state index in [1.54, 1.807) is 6.07 Å². The minimum absolute atomic E-state index is 0.0391. The molecule has 0 aliphatic carbocycles. The topological polar surface area (TPSA) is 215 Å². The molecule has 14 nitrogen and oxygen atoms in total. The second kappa shape index (κ2) is 16.1. The van der Waals surface area contributed by atoms with Crippen molar-refractivity contribution in [2.75, 3.05) is 12.5 Å². The number of rotatable bonds is 8. The number of nitrogens with one attached hydrogen (secondary N) is 2. The van der Waals surface area contributed by atoms with Gasteiger partial charge in [0.05, 0.1) is 39.0 Å². The van der Waals surface area contributed by atoms with Crippen molar-refractivity contribution in [2.45, 2.75) is 44.1 Å². The molecule has 0 bridgehead atoms. The molecular weight excluding hydrogens is 851 g/mol. The van der Waals surface area contributed by atoms with Gasteiger partial charge in [-0.25, -0.2) is 35.6 Å². The van der Waals surface area contributed by atoms with Crippen molar-refractivity contribution in [3.63, 3.8) is 0 Å². The van der Waals surface area contributed by atoms with Gasteiger partial charge >= 0.3 is 23.7 Å². The molecule has 6 aromatic rings. The number of aromatic amines is 2. The Labute approximate surface area is 334 Å². The first-order valence-corrected chi connectivity index (χ1v) is 21.2. The van der Waals surface area contributed by atoms with E-state index in [-0.39, 0.29) is 55.4 Å². The summed E-state index contributed by atoms with van der Waals surface area (Å²) in [6, 6.07) is 14.4. The molecule has 0 saturated carbocycles. The van der Waals surface area contributed by atoms with Gasteiger partial charge in [-0.3, -0.25) is 14.4 Å². The van der Waals surface area contributed by atoms with Gasteiger partial charge < -0.3 is 15.1 Å². The molecule has 0 aliphatic rings. The van der Waals surface area contributed by atoms with E-state index in [0.29, 0.717) is 26.8 Å². The van der Waals surface area contributed by atoms with Crippen LogP contribution in [0.15, 0.2) is 92.0 Å². The SMILES string of the molecule is CC(=O)c1cccc(-c2cc3c(=O)n(CS(C)(=O)=O)c(=O)[nH]c3cc2C(F)(F)F)c1.CC(O)c1cccc(-c2cc3c(=O)n(CS(C)(=O)=O)c(=O)[nH]c3cc2C(F)(F)F)c1. The molecule has 22 heteroatoms. The lowest BCUT2D eigenvalue weighted by Crippen LogP contribution is -2.37. The fourth-order valence-electron chi connectivity index (χ4n) is 6.12. The van der Waals surface area contributed by atoms with Crippen LogP contribution in [0.2, 0.25) is 0 Å². The van der Waals surface area contributed by atoms with Gasteiger partial charge in [0.2, 0.25) is 0 Å². The molecule has 1 atom stereocenters. The number of aliphatic hydroxyl groups is 1. The largest absolute Gasteiger partial charge is 0.417 e. The van der Waals surface area contributed by atoms with Gasteiger partial charge in [0, 0.05) is 18.1 Å². The molecule has 1 unspecified atom stereocenters. The molecule has 0 fully saturated rings. The van der Waals surface area contributed by atoms with Gasteiger partial charge in [-0.05, 0) is 78.1 Å². The summed E-state index contributed by atoms with van der Waals surface area (Å²) in [5, 5.41) is 9.17. The molecule has 3 N–H and O–H groups in total. The van der Waals surface area contributed by atoms with Crippen LogP contribution in [0.1, 0.15) is 47.0 Å². The summed E-state index contributed by atoms with van der Waals surface area (Å²) < 4.78 is 129. The van der Waals surface area contributed by atoms with E-state index in [4.69, 9.17) is 0 Å². The van der Waals surface area contributed by atoms with Crippen molar-refractivity contribution in [2.24, 2.45) is 0 Å². The minimum Gasteiger partial charge on any atom is -0.389 e. The average Bonchev–Trinajstić information content (AvgIpc) is 3.13. The van der Waals surface area contributed by atoms with Crippen LogP contribution in [-0.2, 0) is 43.8 Å². The predicted octanol–water partition coefficient (Wildman–Crippen LogP) is 5.01. The van der Waals surface area contributed by atoms with Gasteiger partial charge in [-0.15, -0.1) is 0 Å². The molecule has 0 saturated heterocycles. The third kappa shape index (κ3) is 10.00. The number of ketones is 1. The van der Waals surface area contributed by atoms with E-state index in [2.05, 4.69) is 9.97 Å². The first-order valence-electron chi connectivity index (χ1n) is 17.1. The van der Waals surface area contributed by atoms with Crippen molar-refractivity contribution in [3.05, 3.63) is 137 Å². The maximum atomic E-state index is 13.7. The number of fused-ring (bicyclic) bond motifs is 2. The minimum atomic E-state index is -4.83. The summed E-state index contributed by atoms with van der Waals surface area (Å²) in [6.45, 7) is 2.72. The Morgan fingerprint density at radius 3 is 1.43 bits per heavy atom. The molecule has 2 heterocycles. The number of nitrogens with zero attached hydrogens (tertiary/aromatic N) is 2. The molecule has 0 spiro atoms. The van der Waals surface area contributed by atoms with Crippen LogP contribution in [0, 0.1) is 0 Å². The molecule has 0 aliphatic heterocycles. The number of aliphatic hydroxyl groups excluding tert-OH is 1. The number of halogens is 6. The van der Waals surface area contributed by atoms with Crippen molar-refractivity contribution in [1.82, 2.24) is 19.1 Å². The Morgan fingerprint density at radius 2 is 1.07 bits per heavy atom. The monoisotopic (exact) mass is 882 g/mol. The zero-order valence-electron chi connectivity index (χ0n) is 31.5. The van der Waals surface area contributed by atoms with Crippen LogP contribution in [-0.4, -0.2) is 59.3 Å². The van der Waals surface area contributed by atoms with Crippen LogP contribution in [0.25, 0.3) is 44.1 Å². The Kier molecular flexibility index (Phi) is 12.1. The number of hydrogen-bond donors (Lipinski definition) is 3. The number of Topliss-reactive ketones (excluding diaryl/α,β-unsaturated/α-hetero) is 1. The number of alkyl halides is 6. The summed E-state index contributed by atoms with van der Waals surface area (Å²) >= 11 is 0. The van der Waals surface area contributed by atoms with E-state index in [1.165, 1.54) is 56.3 Å². The number of sulfone groups is 2. The van der Waals surface area contributed by atoms with Crippen LogP contribution < -0.4 is 22.5 Å². The summed E-state index contributed by atoms with van der Waals surface area (Å²) in [6.07, 6.45) is -8.92. The second-order valence-electron chi connectivity index (χ2n) is 13.8. The highest BCUT2D eigenvalue weighted by Gasteiger charge is 2.36. The van der Waals surface area contributed by atoms with Gasteiger partial charge in [-0.1, -0.05) is 36.4 Å². The summed E-state index contributed by atoms with van der Waals surface area (Å²) in [5.41, 5.74) is -7.33. The van der Waals surface area contributed by atoms with Gasteiger partial charge in [0.25, 0.3) is 11.1 Å². The van der Waals surface area contributed by atoms with E-state index < -0.39 is 83.5 Å². The van der Waals surface area contributed by atoms with Crippen molar-refractivity contribution < 1.29 is 53.1 Å². The first kappa shape index (κ1) is 45.0. The molecular formula is C38H32F6N4O10S2. The lowest BCUT2D eigenvalue weighted by Gasteiger charge is -2.16. The maximum absolute atomic E-state index is 13.7. The fourth-order valence-corrected chi connectivity index (χ4v) is 7.53. The highest BCUT2D eigenvalue weighted by Crippen LogP contribution is 2.40. The molecule has 318 valence electrons. The average molecular weight is 883 g/mol. The Balaban J connectivity index is 0.000000228. The predicted molar refractivity (Wildman–Crippen MR) is 209 cm³/mol. The zero-order chi connectivity index (χ0) is 44.9. The lowest BCUT2D eigenvalue weighted by molar-refractivity contribution is -0.137. The van der Waals surface area contributed by atoms with E-state index in [1.807, 2.05) is 0 Å². The number of benzene rings is 4. The van der Waals surface area contributed by atoms with Gasteiger partial charge in [0.1, 0.15) is 11.8 Å². The number of aromatic nitrogens is 4. The maximum Gasteiger partial charge on any atom is 0.417 e. The smallest absolute Gasteiger partial charge is 0.389 e. The first-order chi connectivity index (χ1) is 27.6. The van der Waals surface area contributed by atoms with E-state index >= 15 is 0 Å². The molecule has 0 radical (unpaired) electrons. The van der Waals surface area contributed by atoms with Crippen molar-refractivity contribution in [3.8, 4) is 22.3 Å². The second-order valence-corrected chi connectivity index (χ2v) is 18.0. The Bertz CT molecular complexity index is 3190. The molecule has 6 rings (SSSR count). The fraction of sp³-hybridized carbons (Fsp3) is 0.237. The summed E-state index contributed by atoms with van der Waals surface area (Å²) in [4.78, 5) is 65.5. The highest BCUT2D eigenvalue weighted by atomic mass is 32.2. The highest BCUT2D eigenvalue weighted by molar-refractivity contribution is 7.89. The Morgan fingerprint density at radius 1 is 0.667 bits per heavy atom. The van der Waals surface area contributed by atoms with Gasteiger partial charge in [-0.2, -0.15) is 26.3 Å².